The number of aryl methyl sites for hydroxylation is 1. The van der Waals surface area contributed by atoms with Crippen LogP contribution in [0.25, 0.3) is 0 Å². The van der Waals surface area contributed by atoms with Crippen LogP contribution in [0.4, 0.5) is 11.4 Å². The highest BCUT2D eigenvalue weighted by Gasteiger charge is 2.75. The lowest BCUT2D eigenvalue weighted by Gasteiger charge is -2.40. The lowest BCUT2D eigenvalue weighted by atomic mass is 9.74. The van der Waals surface area contributed by atoms with E-state index in [1.54, 1.807) is 21.9 Å². The van der Waals surface area contributed by atoms with Crippen LogP contribution in [0.2, 0.25) is 5.02 Å². The normalized spacial score (nSPS) is 29.7. The molecular weight excluding hydrogens is 590 g/mol. The summed E-state index contributed by atoms with van der Waals surface area (Å²) in [5.74, 6) is -3.02. The van der Waals surface area contributed by atoms with Crippen molar-refractivity contribution >= 4 is 40.7 Å². The minimum absolute atomic E-state index is 0.191. The van der Waals surface area contributed by atoms with Gasteiger partial charge in [0.2, 0.25) is 11.8 Å². The van der Waals surface area contributed by atoms with Crippen LogP contribution in [0.1, 0.15) is 24.1 Å². The summed E-state index contributed by atoms with van der Waals surface area (Å²) < 4.78 is 6.98. The lowest BCUT2D eigenvalue weighted by molar-refractivity contribution is -0.148. The molecule has 1 spiro atoms. The molecule has 8 nitrogen and oxygen atoms in total. The predicted molar refractivity (Wildman–Crippen MR) is 172 cm³/mol. The number of ether oxygens (including phenoxy) is 1. The first kappa shape index (κ1) is 29.5. The highest BCUT2D eigenvalue weighted by Crippen LogP contribution is 2.59. The van der Waals surface area contributed by atoms with Crippen LogP contribution in [-0.2, 0) is 19.1 Å². The monoisotopic (exact) mass is 623 g/mol. The Morgan fingerprint density at radius 3 is 2.20 bits per heavy atom. The van der Waals surface area contributed by atoms with Gasteiger partial charge in [-0.3, -0.25) is 14.4 Å². The van der Waals surface area contributed by atoms with E-state index in [-0.39, 0.29) is 12.5 Å². The molecular formula is C36H34ClN3O5. The maximum Gasteiger partial charge on any atom is 0.253 e. The fourth-order valence-electron chi connectivity index (χ4n) is 7.83. The standard InChI is InChI=1S/C36H34ClN3O5/c1-23-12-9-17-26(37)30(23)39-21-11-19-36-29(33(43)40(31(36)34(39)44)27(22-41)24-13-5-3-6-14-24)28-32(42)38(25-15-7-4-8-16-25)20-10-18-35(28,2)45-36/h3-19,27-29,31,41H,20-22H2,1-2H3/t27-,28+,29+,31?,35-,36+/m1/s1. The average molecular weight is 624 g/mol. The van der Waals surface area contributed by atoms with Crippen molar-refractivity contribution in [1.29, 1.82) is 0 Å². The summed E-state index contributed by atoms with van der Waals surface area (Å²) in [4.78, 5) is 49.3. The van der Waals surface area contributed by atoms with Gasteiger partial charge in [0.05, 0.1) is 40.8 Å². The molecule has 0 bridgehead atoms. The topological polar surface area (TPSA) is 90.4 Å². The molecule has 45 heavy (non-hydrogen) atoms. The number of carbonyl (C=O) groups excluding carboxylic acids is 3. The van der Waals surface area contributed by atoms with E-state index in [2.05, 4.69) is 0 Å². The number of aliphatic hydroxyl groups excluding tert-OH is 1. The Labute approximate surface area is 267 Å². The quantitative estimate of drug-likeness (QED) is 0.410. The summed E-state index contributed by atoms with van der Waals surface area (Å²) in [6, 6.07) is 21.9. The van der Waals surface area contributed by atoms with E-state index in [0.717, 1.165) is 5.56 Å². The largest absolute Gasteiger partial charge is 0.394 e. The van der Waals surface area contributed by atoms with Crippen LogP contribution < -0.4 is 9.80 Å². The molecule has 230 valence electrons. The summed E-state index contributed by atoms with van der Waals surface area (Å²) in [7, 11) is 0. The highest BCUT2D eigenvalue weighted by molar-refractivity contribution is 6.34. The molecule has 3 amide bonds. The number of anilines is 2. The number of fused-ring (bicyclic) bond motifs is 2. The molecule has 9 heteroatoms. The second-order valence-electron chi connectivity index (χ2n) is 12.3. The molecule has 1 N–H and O–H groups in total. The van der Waals surface area contributed by atoms with Gasteiger partial charge >= 0.3 is 0 Å². The molecule has 2 fully saturated rings. The van der Waals surface area contributed by atoms with Crippen LogP contribution in [0.15, 0.2) is 103 Å². The van der Waals surface area contributed by atoms with Gasteiger partial charge in [0.25, 0.3) is 5.91 Å². The van der Waals surface area contributed by atoms with Crippen molar-refractivity contribution in [3.05, 3.63) is 119 Å². The molecule has 0 radical (unpaired) electrons. The minimum Gasteiger partial charge on any atom is -0.394 e. The van der Waals surface area contributed by atoms with Crippen molar-refractivity contribution < 1.29 is 24.2 Å². The van der Waals surface area contributed by atoms with E-state index in [0.29, 0.717) is 28.5 Å². The van der Waals surface area contributed by atoms with Crippen molar-refractivity contribution in [2.75, 3.05) is 29.5 Å². The van der Waals surface area contributed by atoms with Gasteiger partial charge in [0.15, 0.2) is 0 Å². The smallest absolute Gasteiger partial charge is 0.253 e. The number of likely N-dealkylation sites (tertiary alicyclic amines) is 1. The van der Waals surface area contributed by atoms with E-state index in [1.165, 1.54) is 4.90 Å². The number of para-hydroxylation sites is 2. The molecule has 0 aromatic heterocycles. The number of carbonyl (C=O) groups is 3. The first-order valence-corrected chi connectivity index (χ1v) is 15.6. The number of nitrogens with zero attached hydrogens (tertiary/aromatic N) is 3. The van der Waals surface area contributed by atoms with Gasteiger partial charge in [0, 0.05) is 18.8 Å². The Morgan fingerprint density at radius 2 is 1.51 bits per heavy atom. The van der Waals surface area contributed by atoms with E-state index >= 15 is 0 Å². The lowest BCUT2D eigenvalue weighted by Crippen LogP contribution is -2.57. The number of rotatable bonds is 5. The molecule has 0 aliphatic carbocycles. The number of aliphatic hydroxyl groups is 1. The zero-order chi connectivity index (χ0) is 31.5. The van der Waals surface area contributed by atoms with Crippen molar-refractivity contribution in [2.24, 2.45) is 11.8 Å². The number of halogens is 1. The van der Waals surface area contributed by atoms with Gasteiger partial charge in [-0.15, -0.1) is 0 Å². The molecule has 4 aliphatic rings. The summed E-state index contributed by atoms with van der Waals surface area (Å²) in [6.45, 7) is 3.78. The molecule has 0 saturated carbocycles. The van der Waals surface area contributed by atoms with Gasteiger partial charge in [-0.05, 0) is 43.2 Å². The minimum atomic E-state index is -1.49. The van der Waals surface area contributed by atoms with Crippen LogP contribution in [0, 0.1) is 18.8 Å². The van der Waals surface area contributed by atoms with Gasteiger partial charge in [-0.2, -0.15) is 0 Å². The third kappa shape index (κ3) is 4.38. The number of benzene rings is 3. The summed E-state index contributed by atoms with van der Waals surface area (Å²) in [5, 5.41) is 11.2. The van der Waals surface area contributed by atoms with Crippen molar-refractivity contribution in [3.8, 4) is 0 Å². The predicted octanol–water partition coefficient (Wildman–Crippen LogP) is 4.86. The SMILES string of the molecule is Cc1cccc(Cl)c1N1CC=C[C@]23O[C@]4(C)C=CCN(c5ccccc5)C(=O)[C@@H]4[C@H]2C(=O)N([C@H](CO)c2ccccc2)C3C1=O. The fourth-order valence-corrected chi connectivity index (χ4v) is 8.16. The van der Waals surface area contributed by atoms with Gasteiger partial charge < -0.3 is 24.5 Å². The van der Waals surface area contributed by atoms with Crippen LogP contribution >= 0.6 is 11.6 Å². The summed E-state index contributed by atoms with van der Waals surface area (Å²) >= 11 is 6.69. The third-order valence-electron chi connectivity index (χ3n) is 9.71. The van der Waals surface area contributed by atoms with E-state index in [9.17, 15) is 19.5 Å². The zero-order valence-electron chi connectivity index (χ0n) is 25.0. The molecule has 3 aromatic rings. The molecule has 7 rings (SSSR count). The Kier molecular flexibility index (Phi) is 7.19. The molecule has 2 saturated heterocycles. The second kappa shape index (κ2) is 11.0. The molecule has 4 aliphatic heterocycles. The van der Waals surface area contributed by atoms with Gasteiger partial charge in [-0.25, -0.2) is 0 Å². The Hall–Kier alpha value is -4.24. The van der Waals surface area contributed by atoms with E-state index in [4.69, 9.17) is 16.3 Å². The summed E-state index contributed by atoms with van der Waals surface area (Å²) in [5.41, 5.74) is 0.0704. The Morgan fingerprint density at radius 1 is 0.844 bits per heavy atom. The van der Waals surface area contributed by atoms with Crippen molar-refractivity contribution in [3.63, 3.8) is 0 Å². The summed E-state index contributed by atoms with van der Waals surface area (Å²) in [6.07, 6.45) is 7.39. The van der Waals surface area contributed by atoms with E-state index in [1.807, 2.05) is 105 Å². The first-order valence-electron chi connectivity index (χ1n) is 15.2. The van der Waals surface area contributed by atoms with E-state index < -0.39 is 53.5 Å². The van der Waals surface area contributed by atoms with Crippen LogP contribution in [0.5, 0.6) is 0 Å². The highest BCUT2D eigenvalue weighted by atomic mass is 35.5. The second-order valence-corrected chi connectivity index (χ2v) is 12.7. The third-order valence-corrected chi connectivity index (χ3v) is 10.0. The first-order chi connectivity index (χ1) is 21.7. The van der Waals surface area contributed by atoms with Crippen LogP contribution in [-0.4, -0.2) is 64.7 Å². The average Bonchev–Trinajstić information content (AvgIpc) is 3.31. The van der Waals surface area contributed by atoms with Gasteiger partial charge in [0.1, 0.15) is 11.6 Å². The zero-order valence-corrected chi connectivity index (χ0v) is 25.8. The molecule has 6 atom stereocenters. The van der Waals surface area contributed by atoms with Crippen molar-refractivity contribution in [1.82, 2.24) is 4.90 Å². The maximum atomic E-state index is 15.0. The number of hydrogen-bond donors (Lipinski definition) is 1. The van der Waals surface area contributed by atoms with Crippen LogP contribution in [0.3, 0.4) is 0 Å². The molecule has 1 unspecified atom stereocenters. The maximum absolute atomic E-state index is 15.0. The number of hydrogen-bond acceptors (Lipinski definition) is 5. The fraction of sp³-hybridized carbons (Fsp3) is 0.306. The van der Waals surface area contributed by atoms with Gasteiger partial charge in [-0.1, -0.05) is 96.6 Å². The van der Waals surface area contributed by atoms with Crippen molar-refractivity contribution in [2.45, 2.75) is 37.1 Å². The Balaban J connectivity index is 1.42. The number of amides is 3. The Bertz CT molecular complexity index is 1710. The molecule has 4 heterocycles. The molecule has 3 aromatic carbocycles.